The van der Waals surface area contributed by atoms with Gasteiger partial charge in [-0.1, -0.05) is 6.92 Å². The van der Waals surface area contributed by atoms with Gasteiger partial charge in [0.15, 0.2) is 0 Å². The van der Waals surface area contributed by atoms with Gasteiger partial charge in [-0.05, 0) is 87.0 Å². The number of hydrogen-bond donors (Lipinski definition) is 2. The van der Waals surface area contributed by atoms with Gasteiger partial charge < -0.3 is 11.1 Å². The number of carbonyl (C=O) groups excluding carboxylic acids is 2. The molecule has 0 aliphatic heterocycles. The fourth-order valence-corrected chi connectivity index (χ4v) is 8.14. The molecule has 4 saturated carbocycles. The lowest BCUT2D eigenvalue weighted by Gasteiger charge is -2.55. The van der Waals surface area contributed by atoms with Crippen molar-refractivity contribution in [2.75, 3.05) is 5.32 Å². The van der Waals surface area contributed by atoms with Crippen molar-refractivity contribution in [3.05, 3.63) is 16.0 Å². The molecule has 26 heavy (non-hydrogen) atoms. The Kier molecular flexibility index (Phi) is 3.76. The number of hydrogen-bond acceptors (Lipinski definition) is 3. The summed E-state index contributed by atoms with van der Waals surface area (Å²) in [4.78, 5) is 26.8. The zero-order chi connectivity index (χ0) is 18.1. The molecule has 5 aliphatic carbocycles. The predicted octanol–water partition coefficient (Wildman–Crippen LogP) is 4.13. The standard InChI is InChI=1S/C21H28N2O2S/c1-11-2-3-15-16(4-11)26-19(17(15)18(22)24)23-20(25)21-8-12-5-13(9-21)7-14(6-12)10-21/h11-14H,2-10H2,1H3,(H2,22,24)(H,23,25)/t11-,12?,13?,14?,21?/m0/s1. The van der Waals surface area contributed by atoms with Crippen LogP contribution in [-0.4, -0.2) is 11.8 Å². The zero-order valence-corrected chi connectivity index (χ0v) is 16.3. The first-order valence-electron chi connectivity index (χ1n) is 10.2. The SMILES string of the molecule is C[C@H]1CCc2c(sc(NC(=O)C34CC5CC(CC(C5)C3)C4)c2C(N)=O)C1. The van der Waals surface area contributed by atoms with Crippen molar-refractivity contribution >= 4 is 28.2 Å². The maximum absolute atomic E-state index is 13.4. The summed E-state index contributed by atoms with van der Waals surface area (Å²) in [6.07, 6.45) is 10.1. The molecule has 1 heterocycles. The molecule has 1 atom stereocenters. The maximum Gasteiger partial charge on any atom is 0.251 e. The normalized spacial score (nSPS) is 37.4. The Labute approximate surface area is 158 Å². The largest absolute Gasteiger partial charge is 0.365 e. The van der Waals surface area contributed by atoms with Crippen LogP contribution in [0, 0.1) is 29.1 Å². The Morgan fingerprint density at radius 2 is 1.73 bits per heavy atom. The van der Waals surface area contributed by atoms with Gasteiger partial charge >= 0.3 is 0 Å². The summed E-state index contributed by atoms with van der Waals surface area (Å²) >= 11 is 1.59. The molecule has 4 nitrogen and oxygen atoms in total. The average Bonchev–Trinajstić information content (AvgIpc) is 2.90. The first-order valence-corrected chi connectivity index (χ1v) is 11.0. The number of primary amides is 1. The molecular weight excluding hydrogens is 344 g/mol. The van der Waals surface area contributed by atoms with Gasteiger partial charge in [0.05, 0.1) is 11.0 Å². The number of rotatable bonds is 3. The van der Waals surface area contributed by atoms with Gasteiger partial charge in [-0.25, -0.2) is 0 Å². The van der Waals surface area contributed by atoms with Crippen molar-refractivity contribution in [3.63, 3.8) is 0 Å². The highest BCUT2D eigenvalue weighted by molar-refractivity contribution is 7.17. The Balaban J connectivity index is 1.45. The quantitative estimate of drug-likeness (QED) is 0.837. The van der Waals surface area contributed by atoms with E-state index in [0.717, 1.165) is 66.8 Å². The van der Waals surface area contributed by atoms with Gasteiger partial charge in [0.25, 0.3) is 5.91 Å². The minimum atomic E-state index is -0.391. The highest BCUT2D eigenvalue weighted by atomic mass is 32.1. The van der Waals surface area contributed by atoms with E-state index in [0.29, 0.717) is 11.5 Å². The van der Waals surface area contributed by atoms with E-state index < -0.39 is 5.91 Å². The van der Waals surface area contributed by atoms with Crippen molar-refractivity contribution in [1.82, 2.24) is 0 Å². The number of fused-ring (bicyclic) bond motifs is 1. The van der Waals surface area contributed by atoms with Crippen LogP contribution in [0.15, 0.2) is 0 Å². The van der Waals surface area contributed by atoms with E-state index in [1.165, 1.54) is 24.1 Å². The molecule has 1 aromatic heterocycles. The molecule has 5 heteroatoms. The molecule has 1 aromatic rings. The average molecular weight is 373 g/mol. The van der Waals surface area contributed by atoms with E-state index >= 15 is 0 Å². The summed E-state index contributed by atoms with van der Waals surface area (Å²) in [5.41, 5.74) is 7.21. The predicted molar refractivity (Wildman–Crippen MR) is 103 cm³/mol. The van der Waals surface area contributed by atoms with Crippen molar-refractivity contribution in [2.45, 2.75) is 64.7 Å². The van der Waals surface area contributed by atoms with E-state index in [4.69, 9.17) is 5.73 Å². The Hall–Kier alpha value is -1.36. The zero-order valence-electron chi connectivity index (χ0n) is 15.5. The van der Waals surface area contributed by atoms with Gasteiger partial charge in [-0.3, -0.25) is 9.59 Å². The minimum Gasteiger partial charge on any atom is -0.365 e. The number of nitrogens with one attached hydrogen (secondary N) is 1. The number of anilines is 1. The number of thiophene rings is 1. The molecule has 0 aromatic carbocycles. The summed E-state index contributed by atoms with van der Waals surface area (Å²) in [5, 5.41) is 3.92. The first kappa shape index (κ1) is 16.8. The Bertz CT molecular complexity index is 746. The van der Waals surface area contributed by atoms with Crippen molar-refractivity contribution in [3.8, 4) is 0 Å². The Morgan fingerprint density at radius 3 is 2.31 bits per heavy atom. The molecule has 6 rings (SSSR count). The van der Waals surface area contributed by atoms with Crippen LogP contribution < -0.4 is 11.1 Å². The fraction of sp³-hybridized carbons (Fsp3) is 0.714. The van der Waals surface area contributed by atoms with Crippen molar-refractivity contribution in [2.24, 2.45) is 34.8 Å². The van der Waals surface area contributed by atoms with Crippen LogP contribution in [0.5, 0.6) is 0 Å². The minimum absolute atomic E-state index is 0.158. The molecule has 5 aliphatic rings. The maximum atomic E-state index is 13.4. The summed E-state index contributed by atoms with van der Waals surface area (Å²) in [5.74, 6) is 2.61. The Morgan fingerprint density at radius 1 is 1.12 bits per heavy atom. The van der Waals surface area contributed by atoms with E-state index in [1.807, 2.05) is 0 Å². The molecule has 3 N–H and O–H groups in total. The number of amides is 2. The molecule has 0 radical (unpaired) electrons. The highest BCUT2D eigenvalue weighted by Gasteiger charge is 2.54. The van der Waals surface area contributed by atoms with Gasteiger partial charge in [0, 0.05) is 4.88 Å². The third-order valence-electron chi connectivity index (χ3n) is 7.51. The van der Waals surface area contributed by atoms with E-state index in [9.17, 15) is 9.59 Å². The number of carbonyl (C=O) groups is 2. The van der Waals surface area contributed by atoms with Gasteiger partial charge in [-0.15, -0.1) is 11.3 Å². The first-order chi connectivity index (χ1) is 12.4. The van der Waals surface area contributed by atoms with E-state index in [1.54, 1.807) is 11.3 Å². The summed E-state index contributed by atoms with van der Waals surface area (Å²) in [6, 6.07) is 0. The van der Waals surface area contributed by atoms with Gasteiger partial charge in [-0.2, -0.15) is 0 Å². The van der Waals surface area contributed by atoms with Crippen molar-refractivity contribution in [1.29, 1.82) is 0 Å². The molecule has 140 valence electrons. The lowest BCUT2D eigenvalue weighted by atomic mass is 9.49. The third kappa shape index (κ3) is 2.54. The van der Waals surface area contributed by atoms with E-state index in [2.05, 4.69) is 12.2 Å². The third-order valence-corrected chi connectivity index (χ3v) is 8.67. The van der Waals surface area contributed by atoms with Gasteiger partial charge in [0.1, 0.15) is 5.00 Å². The van der Waals surface area contributed by atoms with Crippen LogP contribution in [0.3, 0.4) is 0 Å². The second-order valence-electron chi connectivity index (χ2n) is 9.57. The van der Waals surface area contributed by atoms with Crippen LogP contribution in [0.1, 0.15) is 72.7 Å². The molecule has 0 unspecified atom stereocenters. The fourth-order valence-electron chi connectivity index (χ4n) is 6.72. The molecule has 0 saturated heterocycles. The van der Waals surface area contributed by atoms with Crippen LogP contribution in [0.2, 0.25) is 0 Å². The summed E-state index contributed by atoms with van der Waals surface area (Å²) in [6.45, 7) is 2.25. The number of nitrogens with two attached hydrogens (primary N) is 1. The second-order valence-corrected chi connectivity index (χ2v) is 10.7. The van der Waals surface area contributed by atoms with E-state index in [-0.39, 0.29) is 11.3 Å². The lowest BCUT2D eigenvalue weighted by molar-refractivity contribution is -0.140. The molecule has 4 fully saturated rings. The lowest BCUT2D eigenvalue weighted by Crippen LogP contribution is -2.51. The van der Waals surface area contributed by atoms with Crippen LogP contribution in [0.4, 0.5) is 5.00 Å². The molecular formula is C21H28N2O2S. The second kappa shape index (κ2) is 5.82. The highest BCUT2D eigenvalue weighted by Crippen LogP contribution is 2.60. The van der Waals surface area contributed by atoms with Crippen LogP contribution in [0.25, 0.3) is 0 Å². The topological polar surface area (TPSA) is 72.2 Å². The van der Waals surface area contributed by atoms with Crippen LogP contribution >= 0.6 is 11.3 Å². The summed E-state index contributed by atoms with van der Waals surface area (Å²) in [7, 11) is 0. The smallest absolute Gasteiger partial charge is 0.251 e. The monoisotopic (exact) mass is 372 g/mol. The van der Waals surface area contributed by atoms with Gasteiger partial charge in [0.2, 0.25) is 5.91 Å². The van der Waals surface area contributed by atoms with Crippen LogP contribution in [-0.2, 0) is 17.6 Å². The molecule has 0 spiro atoms. The molecule has 2 amide bonds. The summed E-state index contributed by atoms with van der Waals surface area (Å²) < 4.78 is 0. The molecule has 4 bridgehead atoms. The van der Waals surface area contributed by atoms with Crippen molar-refractivity contribution < 1.29 is 9.59 Å².